The molecular formula is C21H30BNO6. The van der Waals surface area contributed by atoms with Gasteiger partial charge in [-0.2, -0.15) is 0 Å². The number of alkyl carbamates (subject to hydrolysis) is 1. The lowest BCUT2D eigenvalue weighted by Gasteiger charge is -2.32. The summed E-state index contributed by atoms with van der Waals surface area (Å²) in [6, 6.07) is 5.67. The molecule has 2 aliphatic rings. The third-order valence-electron chi connectivity index (χ3n) is 5.14. The number of fused-ring (bicyclic) bond motifs is 1. The molecule has 1 aromatic rings. The van der Waals surface area contributed by atoms with Gasteiger partial charge in [0.1, 0.15) is 5.60 Å². The monoisotopic (exact) mass is 403 g/mol. The van der Waals surface area contributed by atoms with Crippen LogP contribution >= 0.6 is 0 Å². The van der Waals surface area contributed by atoms with Crippen molar-refractivity contribution >= 4 is 19.3 Å². The molecule has 0 spiro atoms. The highest BCUT2D eigenvalue weighted by Crippen LogP contribution is 2.39. The zero-order valence-corrected chi connectivity index (χ0v) is 18.3. The summed E-state index contributed by atoms with van der Waals surface area (Å²) in [5, 5.41) is 2.80. The molecule has 2 aliphatic heterocycles. The molecular weight excluding hydrogens is 373 g/mol. The number of benzene rings is 1. The zero-order chi connectivity index (χ0) is 21.4. The molecule has 0 atom stereocenters. The maximum atomic E-state index is 12.2. The van der Waals surface area contributed by atoms with E-state index < -0.39 is 30.0 Å². The van der Waals surface area contributed by atoms with Crippen molar-refractivity contribution in [3.8, 4) is 11.5 Å². The van der Waals surface area contributed by atoms with Crippen molar-refractivity contribution in [3.05, 3.63) is 29.2 Å². The van der Waals surface area contributed by atoms with E-state index in [0.717, 1.165) is 11.0 Å². The first kappa shape index (κ1) is 21.5. The van der Waals surface area contributed by atoms with Gasteiger partial charge in [-0.1, -0.05) is 12.1 Å². The predicted octanol–water partition coefficient (Wildman–Crippen LogP) is 3.95. The van der Waals surface area contributed by atoms with Crippen molar-refractivity contribution in [1.29, 1.82) is 0 Å². The summed E-state index contributed by atoms with van der Waals surface area (Å²) in [5.41, 5.74) is 0.114. The minimum Gasteiger partial charge on any atom is -0.454 e. The standard InChI is InChI=1S/C21H30BNO6/c1-19(2,3)27-18(24)23-12-15(22-28-20(4,5)21(6,7)29-22)10-14-8-9-16-17(11-14)26-13-25-16/h8-11H,12-13H2,1-7H3,(H,23,24). The van der Waals surface area contributed by atoms with E-state index in [2.05, 4.69) is 5.32 Å². The highest BCUT2D eigenvalue weighted by molar-refractivity contribution is 6.56. The van der Waals surface area contributed by atoms with Crippen molar-refractivity contribution in [1.82, 2.24) is 5.32 Å². The molecule has 0 bridgehead atoms. The van der Waals surface area contributed by atoms with E-state index >= 15 is 0 Å². The summed E-state index contributed by atoms with van der Waals surface area (Å²) in [4.78, 5) is 12.2. The fourth-order valence-corrected chi connectivity index (χ4v) is 2.90. The summed E-state index contributed by atoms with van der Waals surface area (Å²) in [6.45, 7) is 13.9. The second-order valence-electron chi connectivity index (χ2n) is 9.28. The summed E-state index contributed by atoms with van der Waals surface area (Å²) >= 11 is 0. The molecule has 1 aromatic carbocycles. The van der Waals surface area contributed by atoms with E-state index in [1.54, 1.807) is 0 Å². The van der Waals surface area contributed by atoms with Crippen LogP contribution in [0.1, 0.15) is 54.0 Å². The van der Waals surface area contributed by atoms with Crippen LogP contribution in [0.5, 0.6) is 11.5 Å². The molecule has 0 aromatic heterocycles. The second-order valence-corrected chi connectivity index (χ2v) is 9.28. The van der Waals surface area contributed by atoms with Crippen molar-refractivity contribution in [2.24, 2.45) is 0 Å². The number of nitrogens with one attached hydrogen (secondary N) is 1. The van der Waals surface area contributed by atoms with E-state index in [-0.39, 0.29) is 13.3 Å². The Morgan fingerprint density at radius 1 is 1.14 bits per heavy atom. The van der Waals surface area contributed by atoms with Crippen LogP contribution in [0.2, 0.25) is 0 Å². The predicted molar refractivity (Wildman–Crippen MR) is 111 cm³/mol. The molecule has 0 radical (unpaired) electrons. The molecule has 3 rings (SSSR count). The van der Waals surface area contributed by atoms with E-state index in [4.69, 9.17) is 23.5 Å². The van der Waals surface area contributed by atoms with E-state index in [1.165, 1.54) is 0 Å². The van der Waals surface area contributed by atoms with Crippen molar-refractivity contribution < 1.29 is 28.3 Å². The van der Waals surface area contributed by atoms with Crippen molar-refractivity contribution in [2.45, 2.75) is 65.3 Å². The minimum atomic E-state index is -0.597. The van der Waals surface area contributed by atoms with Gasteiger partial charge in [0.25, 0.3) is 0 Å². The molecule has 0 aliphatic carbocycles. The average Bonchev–Trinajstić information content (AvgIpc) is 3.11. The largest absolute Gasteiger partial charge is 0.492 e. The van der Waals surface area contributed by atoms with Crippen molar-refractivity contribution in [2.75, 3.05) is 13.3 Å². The number of carbonyl (C=O) groups is 1. The molecule has 0 saturated carbocycles. The molecule has 1 fully saturated rings. The van der Waals surface area contributed by atoms with Gasteiger partial charge < -0.3 is 28.8 Å². The molecule has 1 amide bonds. The highest BCUT2D eigenvalue weighted by Gasteiger charge is 2.52. The first-order valence-corrected chi connectivity index (χ1v) is 9.79. The third kappa shape index (κ3) is 5.06. The van der Waals surface area contributed by atoms with Crippen LogP contribution in [0.15, 0.2) is 23.7 Å². The van der Waals surface area contributed by atoms with Gasteiger partial charge in [-0.25, -0.2) is 4.79 Å². The Labute approximate surface area is 172 Å². The van der Waals surface area contributed by atoms with Gasteiger partial charge in [-0.3, -0.25) is 0 Å². The number of carbonyl (C=O) groups excluding carboxylic acids is 1. The summed E-state index contributed by atoms with van der Waals surface area (Å²) < 4.78 is 28.6. The lowest BCUT2D eigenvalue weighted by atomic mass is 9.77. The molecule has 0 unspecified atom stereocenters. The topological polar surface area (TPSA) is 75.3 Å². The van der Waals surface area contributed by atoms with Gasteiger partial charge in [-0.05, 0) is 71.6 Å². The van der Waals surface area contributed by atoms with Crippen LogP contribution in [0.3, 0.4) is 0 Å². The smallest absolute Gasteiger partial charge is 0.454 e. The van der Waals surface area contributed by atoms with Crippen LogP contribution in [-0.2, 0) is 14.0 Å². The minimum absolute atomic E-state index is 0.215. The number of amides is 1. The van der Waals surface area contributed by atoms with Gasteiger partial charge in [0, 0.05) is 6.54 Å². The maximum Gasteiger partial charge on any atom is 0.492 e. The SMILES string of the molecule is CC(C)(C)OC(=O)NCC(=Cc1ccc2c(c1)OCO2)B1OC(C)(C)C(C)(C)O1. The van der Waals surface area contributed by atoms with Crippen LogP contribution in [0.25, 0.3) is 6.08 Å². The first-order chi connectivity index (χ1) is 13.4. The van der Waals surface area contributed by atoms with Crippen LogP contribution in [0, 0.1) is 0 Å². The van der Waals surface area contributed by atoms with E-state index in [9.17, 15) is 4.79 Å². The van der Waals surface area contributed by atoms with Gasteiger partial charge in [-0.15, -0.1) is 0 Å². The quantitative estimate of drug-likeness (QED) is 0.768. The lowest BCUT2D eigenvalue weighted by Crippen LogP contribution is -2.41. The Kier molecular flexibility index (Phi) is 5.62. The zero-order valence-electron chi connectivity index (χ0n) is 18.3. The van der Waals surface area contributed by atoms with Crippen LogP contribution < -0.4 is 14.8 Å². The number of hydrogen-bond acceptors (Lipinski definition) is 6. The molecule has 29 heavy (non-hydrogen) atoms. The Morgan fingerprint density at radius 2 is 1.76 bits per heavy atom. The van der Waals surface area contributed by atoms with Gasteiger partial charge in [0.05, 0.1) is 11.2 Å². The number of ether oxygens (including phenoxy) is 3. The molecule has 158 valence electrons. The summed E-state index contributed by atoms with van der Waals surface area (Å²) in [5.74, 6) is 1.40. The molecule has 1 saturated heterocycles. The van der Waals surface area contributed by atoms with Gasteiger partial charge >= 0.3 is 13.2 Å². The van der Waals surface area contributed by atoms with Crippen molar-refractivity contribution in [3.63, 3.8) is 0 Å². The van der Waals surface area contributed by atoms with E-state index in [1.807, 2.05) is 72.7 Å². The Hall–Kier alpha value is -2.19. The molecule has 7 nitrogen and oxygen atoms in total. The molecule has 1 N–H and O–H groups in total. The lowest BCUT2D eigenvalue weighted by molar-refractivity contribution is 0.00578. The van der Waals surface area contributed by atoms with Crippen LogP contribution in [-0.4, -0.2) is 43.4 Å². The summed E-state index contributed by atoms with van der Waals surface area (Å²) in [6.07, 6.45) is 1.44. The highest BCUT2D eigenvalue weighted by atomic mass is 16.7. The normalized spacial score (nSPS) is 20.0. The Bertz CT molecular complexity index is 796. The van der Waals surface area contributed by atoms with Gasteiger partial charge in [0.15, 0.2) is 11.5 Å². The number of rotatable bonds is 4. The second kappa shape index (κ2) is 7.57. The summed E-state index contributed by atoms with van der Waals surface area (Å²) in [7, 11) is -0.597. The third-order valence-corrected chi connectivity index (χ3v) is 5.14. The average molecular weight is 403 g/mol. The fraction of sp³-hybridized carbons (Fsp3) is 0.571. The number of hydrogen-bond donors (Lipinski definition) is 1. The van der Waals surface area contributed by atoms with Gasteiger partial charge in [0.2, 0.25) is 6.79 Å². The molecule has 2 heterocycles. The first-order valence-electron chi connectivity index (χ1n) is 9.79. The molecule has 8 heteroatoms. The van der Waals surface area contributed by atoms with E-state index in [0.29, 0.717) is 11.5 Å². The Balaban J connectivity index is 1.83. The maximum absolute atomic E-state index is 12.2. The fourth-order valence-electron chi connectivity index (χ4n) is 2.90. The Morgan fingerprint density at radius 3 is 2.38 bits per heavy atom. The van der Waals surface area contributed by atoms with Crippen LogP contribution in [0.4, 0.5) is 4.79 Å².